The number of aromatic nitrogens is 2. The average Bonchev–Trinajstić information content (AvgIpc) is 2.63. The van der Waals surface area contributed by atoms with Crippen LogP contribution in [0.3, 0.4) is 0 Å². The van der Waals surface area contributed by atoms with Gasteiger partial charge in [0, 0.05) is 11.7 Å². The molecule has 19 heavy (non-hydrogen) atoms. The smallest absolute Gasteiger partial charge is 0.0700 e. The van der Waals surface area contributed by atoms with E-state index in [1.807, 2.05) is 0 Å². The van der Waals surface area contributed by atoms with Crippen molar-refractivity contribution in [2.45, 2.75) is 66.0 Å². The van der Waals surface area contributed by atoms with Gasteiger partial charge >= 0.3 is 0 Å². The summed E-state index contributed by atoms with van der Waals surface area (Å²) in [6, 6.07) is 1.04. The molecule has 3 nitrogen and oxygen atoms in total. The van der Waals surface area contributed by atoms with E-state index in [9.17, 15) is 0 Å². The number of hydrogen-bond acceptors (Lipinski definition) is 2. The first-order valence-corrected chi connectivity index (χ1v) is 7.71. The predicted octanol–water partition coefficient (Wildman–Crippen LogP) is 3.26. The Morgan fingerprint density at radius 2 is 1.95 bits per heavy atom. The SMILES string of the molecule is CCc1c(C)nn(C2C(C)CC(C)CC2NC)c1C. The highest BCUT2D eigenvalue weighted by Gasteiger charge is 2.36. The van der Waals surface area contributed by atoms with Crippen molar-refractivity contribution in [1.29, 1.82) is 0 Å². The van der Waals surface area contributed by atoms with Crippen LogP contribution in [0.4, 0.5) is 0 Å². The van der Waals surface area contributed by atoms with Gasteiger partial charge < -0.3 is 5.32 Å². The number of hydrogen-bond donors (Lipinski definition) is 1. The Balaban J connectivity index is 2.38. The Morgan fingerprint density at radius 3 is 2.47 bits per heavy atom. The van der Waals surface area contributed by atoms with Gasteiger partial charge in [-0.1, -0.05) is 20.8 Å². The Bertz CT molecular complexity index is 435. The third kappa shape index (κ3) is 2.58. The lowest BCUT2D eigenvalue weighted by Crippen LogP contribution is -2.44. The molecule has 3 heteroatoms. The zero-order chi connectivity index (χ0) is 14.2. The normalized spacial score (nSPS) is 31.7. The van der Waals surface area contributed by atoms with Crippen molar-refractivity contribution in [1.82, 2.24) is 15.1 Å². The van der Waals surface area contributed by atoms with Crippen LogP contribution in [0.15, 0.2) is 0 Å². The van der Waals surface area contributed by atoms with Crippen molar-refractivity contribution >= 4 is 0 Å². The van der Waals surface area contributed by atoms with Gasteiger partial charge in [0.15, 0.2) is 0 Å². The maximum absolute atomic E-state index is 4.85. The molecule has 1 heterocycles. The molecule has 0 aliphatic heterocycles. The molecule has 0 radical (unpaired) electrons. The first kappa shape index (κ1) is 14.6. The molecule has 1 aliphatic carbocycles. The molecular formula is C16H29N3. The van der Waals surface area contributed by atoms with Crippen molar-refractivity contribution in [3.63, 3.8) is 0 Å². The summed E-state index contributed by atoms with van der Waals surface area (Å²) in [5, 5.41) is 8.38. The summed E-state index contributed by atoms with van der Waals surface area (Å²) < 4.78 is 2.31. The van der Waals surface area contributed by atoms with Crippen LogP contribution in [0, 0.1) is 25.7 Å². The van der Waals surface area contributed by atoms with Crippen LogP contribution in [0.1, 0.15) is 56.6 Å². The summed E-state index contributed by atoms with van der Waals surface area (Å²) in [4.78, 5) is 0. The van der Waals surface area contributed by atoms with E-state index in [1.165, 1.54) is 29.8 Å². The van der Waals surface area contributed by atoms with Gasteiger partial charge in [-0.15, -0.1) is 0 Å². The quantitative estimate of drug-likeness (QED) is 0.907. The van der Waals surface area contributed by atoms with Gasteiger partial charge in [-0.3, -0.25) is 4.68 Å². The van der Waals surface area contributed by atoms with Crippen LogP contribution in [0.25, 0.3) is 0 Å². The van der Waals surface area contributed by atoms with Gasteiger partial charge in [-0.2, -0.15) is 5.10 Å². The minimum absolute atomic E-state index is 0.500. The van der Waals surface area contributed by atoms with Crippen LogP contribution in [-0.2, 0) is 6.42 Å². The minimum atomic E-state index is 0.500. The maximum Gasteiger partial charge on any atom is 0.0700 e. The van der Waals surface area contributed by atoms with E-state index in [1.54, 1.807) is 0 Å². The highest BCUT2D eigenvalue weighted by molar-refractivity contribution is 5.25. The first-order valence-electron chi connectivity index (χ1n) is 7.71. The van der Waals surface area contributed by atoms with Gasteiger partial charge in [0.25, 0.3) is 0 Å². The fourth-order valence-corrected chi connectivity index (χ4v) is 4.04. The lowest BCUT2D eigenvalue weighted by Gasteiger charge is -2.40. The number of likely N-dealkylation sites (N-methyl/N-ethyl adjacent to an activating group) is 1. The lowest BCUT2D eigenvalue weighted by molar-refractivity contribution is 0.146. The standard InChI is InChI=1S/C16H29N3/c1-7-14-12(4)18-19(13(14)5)16-11(3)8-10(2)9-15(16)17-6/h10-11,15-17H,7-9H2,1-6H3. The van der Waals surface area contributed by atoms with E-state index < -0.39 is 0 Å². The number of rotatable bonds is 3. The molecule has 2 rings (SSSR count). The van der Waals surface area contributed by atoms with E-state index in [-0.39, 0.29) is 0 Å². The molecule has 4 atom stereocenters. The van der Waals surface area contributed by atoms with Crippen LogP contribution in [-0.4, -0.2) is 22.9 Å². The van der Waals surface area contributed by atoms with Crippen molar-refractivity contribution in [3.8, 4) is 0 Å². The molecule has 1 aromatic rings. The van der Waals surface area contributed by atoms with Gasteiger partial charge in [-0.25, -0.2) is 0 Å². The molecule has 4 unspecified atom stereocenters. The van der Waals surface area contributed by atoms with Crippen LogP contribution in [0.2, 0.25) is 0 Å². The van der Waals surface area contributed by atoms with Crippen LogP contribution < -0.4 is 5.32 Å². The van der Waals surface area contributed by atoms with E-state index in [4.69, 9.17) is 5.10 Å². The molecule has 0 spiro atoms. The topological polar surface area (TPSA) is 29.9 Å². The number of aryl methyl sites for hydroxylation is 1. The maximum atomic E-state index is 4.85. The van der Waals surface area contributed by atoms with E-state index in [0.29, 0.717) is 18.0 Å². The second-order valence-electron chi connectivity index (χ2n) is 6.39. The third-order valence-corrected chi connectivity index (χ3v) is 4.91. The van der Waals surface area contributed by atoms with Gasteiger partial charge in [0.05, 0.1) is 11.7 Å². The number of nitrogens with one attached hydrogen (secondary N) is 1. The molecule has 0 saturated heterocycles. The second kappa shape index (κ2) is 5.66. The lowest BCUT2D eigenvalue weighted by atomic mass is 9.76. The third-order valence-electron chi connectivity index (χ3n) is 4.91. The van der Waals surface area contributed by atoms with Crippen LogP contribution >= 0.6 is 0 Å². The summed E-state index contributed by atoms with van der Waals surface area (Å²) in [5.74, 6) is 1.50. The molecule has 1 fully saturated rings. The highest BCUT2D eigenvalue weighted by Crippen LogP contribution is 2.38. The highest BCUT2D eigenvalue weighted by atomic mass is 15.3. The van der Waals surface area contributed by atoms with Gasteiger partial charge in [0.1, 0.15) is 0 Å². The summed E-state index contributed by atoms with van der Waals surface area (Å²) in [6.45, 7) is 11.4. The monoisotopic (exact) mass is 263 g/mol. The molecule has 0 amide bonds. The summed E-state index contributed by atoms with van der Waals surface area (Å²) in [6.07, 6.45) is 3.65. The zero-order valence-corrected chi connectivity index (χ0v) is 13.3. The first-order chi connectivity index (χ1) is 8.99. The summed E-state index contributed by atoms with van der Waals surface area (Å²) >= 11 is 0. The molecular weight excluding hydrogens is 234 g/mol. The minimum Gasteiger partial charge on any atom is -0.315 e. The molecule has 0 bridgehead atoms. The van der Waals surface area contributed by atoms with Crippen LogP contribution in [0.5, 0.6) is 0 Å². The van der Waals surface area contributed by atoms with Gasteiger partial charge in [0.2, 0.25) is 0 Å². The molecule has 1 saturated carbocycles. The number of nitrogens with zero attached hydrogens (tertiary/aromatic N) is 2. The predicted molar refractivity (Wildman–Crippen MR) is 80.5 cm³/mol. The summed E-state index contributed by atoms with van der Waals surface area (Å²) in [7, 11) is 2.09. The van der Waals surface area contributed by atoms with Gasteiger partial charge in [-0.05, 0) is 57.6 Å². The molecule has 1 aliphatic rings. The Hall–Kier alpha value is -0.830. The Morgan fingerprint density at radius 1 is 1.26 bits per heavy atom. The zero-order valence-electron chi connectivity index (χ0n) is 13.3. The fraction of sp³-hybridized carbons (Fsp3) is 0.812. The molecule has 1 aromatic heterocycles. The van der Waals surface area contributed by atoms with E-state index in [2.05, 4.69) is 51.7 Å². The molecule has 108 valence electrons. The molecule has 0 aromatic carbocycles. The van der Waals surface area contributed by atoms with Crippen molar-refractivity contribution in [2.24, 2.45) is 11.8 Å². The molecule has 1 N–H and O–H groups in total. The Kier molecular flexibility index (Phi) is 4.34. The summed E-state index contributed by atoms with van der Waals surface area (Å²) in [5.41, 5.74) is 4.01. The fourth-order valence-electron chi connectivity index (χ4n) is 4.04. The van der Waals surface area contributed by atoms with Crippen molar-refractivity contribution in [3.05, 3.63) is 17.0 Å². The average molecular weight is 263 g/mol. The Labute approximate surface area is 117 Å². The largest absolute Gasteiger partial charge is 0.315 e. The van der Waals surface area contributed by atoms with Crippen molar-refractivity contribution < 1.29 is 0 Å². The van der Waals surface area contributed by atoms with Crippen molar-refractivity contribution in [2.75, 3.05) is 7.05 Å². The van der Waals surface area contributed by atoms with E-state index >= 15 is 0 Å². The second-order valence-corrected chi connectivity index (χ2v) is 6.39. The van der Waals surface area contributed by atoms with E-state index in [0.717, 1.165) is 12.3 Å².